The van der Waals surface area contributed by atoms with Gasteiger partial charge in [0.2, 0.25) is 0 Å². The lowest BCUT2D eigenvalue weighted by molar-refractivity contribution is 0.102. The maximum Gasteiger partial charge on any atom is 0.413 e. The van der Waals surface area contributed by atoms with Gasteiger partial charge in [0.1, 0.15) is 23.0 Å². The van der Waals surface area contributed by atoms with E-state index in [9.17, 15) is 9.59 Å². The number of thiocarbonyl (C=S) groups is 1. The standard InChI is InChI=1S/C22H21N5O4S/c1-3-27(22(29)30)21(32)26-18-10-9-17(13-24-18)31-16-8-4-7-15(12-16)25-20(28)19-14(2)6-5-11-23-19/h4-13H,3H2,1-2H3,(H,25,28)(H,29,30)(H,24,26,32). The fraction of sp³-hybridized carbons (Fsp3) is 0.136. The van der Waals surface area contributed by atoms with Crippen LogP contribution >= 0.6 is 12.2 Å². The normalized spacial score (nSPS) is 10.2. The number of hydrogen-bond donors (Lipinski definition) is 3. The maximum atomic E-state index is 12.5. The largest absolute Gasteiger partial charge is 0.465 e. The van der Waals surface area contributed by atoms with Crippen LogP contribution in [0.3, 0.4) is 0 Å². The molecule has 10 heteroatoms. The van der Waals surface area contributed by atoms with Crippen molar-refractivity contribution in [3.63, 3.8) is 0 Å². The van der Waals surface area contributed by atoms with Gasteiger partial charge in [0.05, 0.1) is 6.20 Å². The molecule has 0 aliphatic heterocycles. The zero-order chi connectivity index (χ0) is 23.1. The van der Waals surface area contributed by atoms with Gasteiger partial charge in [-0.3, -0.25) is 14.7 Å². The number of aromatic nitrogens is 2. The van der Waals surface area contributed by atoms with Crippen LogP contribution in [-0.4, -0.2) is 43.6 Å². The number of carboxylic acid groups (broad SMARTS) is 1. The van der Waals surface area contributed by atoms with Gasteiger partial charge in [0.25, 0.3) is 5.91 Å². The first-order valence-corrected chi connectivity index (χ1v) is 10.1. The van der Waals surface area contributed by atoms with Crippen LogP contribution < -0.4 is 15.4 Å². The zero-order valence-electron chi connectivity index (χ0n) is 17.4. The average molecular weight is 452 g/mol. The van der Waals surface area contributed by atoms with Crippen molar-refractivity contribution in [2.45, 2.75) is 13.8 Å². The van der Waals surface area contributed by atoms with Crippen molar-refractivity contribution < 1.29 is 19.4 Å². The smallest absolute Gasteiger partial charge is 0.413 e. The summed E-state index contributed by atoms with van der Waals surface area (Å²) in [7, 11) is 0. The molecule has 0 saturated heterocycles. The number of nitrogens with one attached hydrogen (secondary N) is 2. The number of pyridine rings is 2. The number of aryl methyl sites for hydroxylation is 1. The molecule has 0 bridgehead atoms. The van der Waals surface area contributed by atoms with Crippen LogP contribution in [-0.2, 0) is 0 Å². The number of carbonyl (C=O) groups excluding carboxylic acids is 1. The van der Waals surface area contributed by atoms with E-state index < -0.39 is 6.09 Å². The summed E-state index contributed by atoms with van der Waals surface area (Å²) >= 11 is 5.09. The van der Waals surface area contributed by atoms with Gasteiger partial charge in [0, 0.05) is 24.5 Å². The van der Waals surface area contributed by atoms with Crippen molar-refractivity contribution in [1.82, 2.24) is 14.9 Å². The van der Waals surface area contributed by atoms with E-state index in [-0.39, 0.29) is 17.6 Å². The molecule has 0 aliphatic carbocycles. The highest BCUT2D eigenvalue weighted by Gasteiger charge is 2.15. The van der Waals surface area contributed by atoms with Crippen molar-refractivity contribution in [2.24, 2.45) is 0 Å². The van der Waals surface area contributed by atoms with Crippen molar-refractivity contribution in [2.75, 3.05) is 17.2 Å². The predicted molar refractivity (Wildman–Crippen MR) is 124 cm³/mol. The first-order chi connectivity index (χ1) is 15.4. The SMILES string of the molecule is CCN(C(=O)O)C(=S)Nc1ccc(Oc2cccc(NC(=O)c3ncccc3C)c2)cn1. The zero-order valence-corrected chi connectivity index (χ0v) is 18.2. The first-order valence-electron chi connectivity index (χ1n) is 9.65. The van der Waals surface area contributed by atoms with Crippen LogP contribution in [0.5, 0.6) is 11.5 Å². The molecule has 32 heavy (non-hydrogen) atoms. The monoisotopic (exact) mass is 451 g/mol. The Morgan fingerprint density at radius 1 is 1.09 bits per heavy atom. The van der Waals surface area contributed by atoms with Gasteiger partial charge >= 0.3 is 6.09 Å². The number of amides is 2. The summed E-state index contributed by atoms with van der Waals surface area (Å²) in [5.41, 5.74) is 1.69. The fourth-order valence-corrected chi connectivity index (χ4v) is 3.06. The molecule has 0 atom stereocenters. The van der Waals surface area contributed by atoms with E-state index in [1.165, 1.54) is 6.20 Å². The number of ether oxygens (including phenoxy) is 1. The number of carbonyl (C=O) groups is 2. The molecule has 1 aromatic carbocycles. The van der Waals surface area contributed by atoms with Crippen molar-refractivity contribution in [1.29, 1.82) is 0 Å². The molecule has 2 amide bonds. The fourth-order valence-electron chi connectivity index (χ4n) is 2.74. The van der Waals surface area contributed by atoms with E-state index in [4.69, 9.17) is 22.1 Å². The highest BCUT2D eigenvalue weighted by Crippen LogP contribution is 2.25. The Morgan fingerprint density at radius 2 is 1.91 bits per heavy atom. The van der Waals surface area contributed by atoms with Gasteiger partial charge in [0.15, 0.2) is 5.11 Å². The Hall–Kier alpha value is -4.05. The molecule has 2 heterocycles. The number of anilines is 2. The Balaban J connectivity index is 1.64. The quantitative estimate of drug-likeness (QED) is 0.468. The molecule has 0 fully saturated rings. The molecule has 3 aromatic rings. The van der Waals surface area contributed by atoms with E-state index >= 15 is 0 Å². The van der Waals surface area contributed by atoms with E-state index in [2.05, 4.69) is 20.6 Å². The van der Waals surface area contributed by atoms with Gasteiger partial charge in [-0.2, -0.15) is 0 Å². The Labute approximate surface area is 190 Å². The van der Waals surface area contributed by atoms with E-state index in [1.54, 1.807) is 55.6 Å². The second-order valence-corrected chi connectivity index (χ2v) is 6.98. The second-order valence-electron chi connectivity index (χ2n) is 6.59. The summed E-state index contributed by atoms with van der Waals surface area (Å²) in [4.78, 5) is 32.9. The molecule has 0 radical (unpaired) electrons. The summed E-state index contributed by atoms with van der Waals surface area (Å²) in [6.45, 7) is 3.72. The van der Waals surface area contributed by atoms with Crippen molar-refractivity contribution >= 4 is 40.8 Å². The average Bonchev–Trinajstić information content (AvgIpc) is 2.76. The van der Waals surface area contributed by atoms with Crippen LogP contribution in [0.4, 0.5) is 16.3 Å². The summed E-state index contributed by atoms with van der Waals surface area (Å²) in [5, 5.41) is 14.7. The molecule has 0 aliphatic rings. The predicted octanol–water partition coefficient (Wildman–Crippen LogP) is 4.53. The minimum absolute atomic E-state index is 0.0350. The third kappa shape index (κ3) is 5.76. The third-order valence-corrected chi connectivity index (χ3v) is 4.64. The molecular formula is C22H21N5O4S. The molecule has 0 spiro atoms. The minimum Gasteiger partial charge on any atom is -0.465 e. The van der Waals surface area contributed by atoms with Crippen LogP contribution in [0.1, 0.15) is 23.0 Å². The summed E-state index contributed by atoms with van der Waals surface area (Å²) in [5.74, 6) is 1.03. The minimum atomic E-state index is -1.14. The van der Waals surface area contributed by atoms with Gasteiger partial charge in [-0.1, -0.05) is 12.1 Å². The van der Waals surface area contributed by atoms with Gasteiger partial charge < -0.3 is 20.5 Å². The summed E-state index contributed by atoms with van der Waals surface area (Å²) in [6, 6.07) is 13.8. The molecule has 3 N–H and O–H groups in total. The molecule has 2 aromatic heterocycles. The maximum absolute atomic E-state index is 12.5. The van der Waals surface area contributed by atoms with E-state index in [0.29, 0.717) is 28.7 Å². The van der Waals surface area contributed by atoms with Crippen LogP contribution in [0.15, 0.2) is 60.9 Å². The van der Waals surface area contributed by atoms with Crippen LogP contribution in [0.2, 0.25) is 0 Å². The number of rotatable bonds is 6. The van der Waals surface area contributed by atoms with Gasteiger partial charge in [-0.25, -0.2) is 9.78 Å². The highest BCUT2D eigenvalue weighted by atomic mass is 32.1. The number of hydrogen-bond acceptors (Lipinski definition) is 6. The topological polar surface area (TPSA) is 117 Å². The highest BCUT2D eigenvalue weighted by molar-refractivity contribution is 7.80. The second kappa shape index (κ2) is 10.3. The first kappa shape index (κ1) is 22.6. The number of benzene rings is 1. The summed E-state index contributed by atoms with van der Waals surface area (Å²) in [6.07, 6.45) is 1.90. The van der Waals surface area contributed by atoms with Crippen molar-refractivity contribution in [3.8, 4) is 11.5 Å². The van der Waals surface area contributed by atoms with Gasteiger partial charge in [-0.15, -0.1) is 0 Å². The summed E-state index contributed by atoms with van der Waals surface area (Å²) < 4.78 is 5.80. The Kier molecular flexibility index (Phi) is 7.29. The van der Waals surface area contributed by atoms with Crippen LogP contribution in [0.25, 0.3) is 0 Å². The lowest BCUT2D eigenvalue weighted by Gasteiger charge is -2.18. The van der Waals surface area contributed by atoms with Gasteiger partial charge in [-0.05, 0) is 62.0 Å². The van der Waals surface area contributed by atoms with Crippen molar-refractivity contribution in [3.05, 3.63) is 72.2 Å². The van der Waals surface area contributed by atoms with E-state index in [1.807, 2.05) is 13.0 Å². The molecule has 0 saturated carbocycles. The Morgan fingerprint density at radius 3 is 2.56 bits per heavy atom. The number of nitrogens with zero attached hydrogens (tertiary/aromatic N) is 3. The lowest BCUT2D eigenvalue weighted by atomic mass is 10.2. The third-order valence-electron chi connectivity index (χ3n) is 4.32. The molecular weight excluding hydrogens is 430 g/mol. The lowest BCUT2D eigenvalue weighted by Crippen LogP contribution is -2.38. The Bertz CT molecular complexity index is 1140. The molecule has 9 nitrogen and oxygen atoms in total. The molecule has 0 unspecified atom stereocenters. The molecule has 164 valence electrons. The molecule has 3 rings (SSSR count). The van der Waals surface area contributed by atoms with E-state index in [0.717, 1.165) is 10.5 Å². The van der Waals surface area contributed by atoms with Crippen LogP contribution in [0, 0.1) is 6.92 Å².